The Bertz CT molecular complexity index is 545. The molecule has 8 nitrogen and oxygen atoms in total. The summed E-state index contributed by atoms with van der Waals surface area (Å²) in [6, 6.07) is 4.30. The van der Waals surface area contributed by atoms with E-state index in [0.717, 1.165) is 0 Å². The molecular formula is C13H18N4O4. The number of hydrogen-bond donors (Lipinski definition) is 3. The van der Waals surface area contributed by atoms with Crippen molar-refractivity contribution in [3.63, 3.8) is 0 Å². The molecule has 0 fully saturated rings. The van der Waals surface area contributed by atoms with E-state index in [1.807, 2.05) is 0 Å². The number of carbonyl (C=O) groups is 2. The Balaban J connectivity index is 2.85. The first-order chi connectivity index (χ1) is 9.97. The molecule has 1 rings (SSSR count). The standard InChI is InChI=1S/C13H18N4O4/c1-2-15-12-9(5-3-6-10(12)17(20)21)13(19)16-8-4-7-11(14)18/h3,5-6,15H,2,4,7-8H2,1H3,(H2,14,18)(H,16,19). The van der Waals surface area contributed by atoms with E-state index in [-0.39, 0.29) is 29.9 Å². The summed E-state index contributed by atoms with van der Waals surface area (Å²) < 4.78 is 0. The lowest BCUT2D eigenvalue weighted by Gasteiger charge is -2.11. The van der Waals surface area contributed by atoms with Gasteiger partial charge in [0.15, 0.2) is 0 Å². The van der Waals surface area contributed by atoms with Gasteiger partial charge in [0, 0.05) is 25.6 Å². The number of nitrogens with two attached hydrogens (primary N) is 1. The van der Waals surface area contributed by atoms with E-state index in [2.05, 4.69) is 10.6 Å². The summed E-state index contributed by atoms with van der Waals surface area (Å²) in [4.78, 5) is 33.1. The fourth-order valence-electron chi connectivity index (χ4n) is 1.80. The van der Waals surface area contributed by atoms with Crippen LogP contribution in [0.3, 0.4) is 0 Å². The zero-order valence-electron chi connectivity index (χ0n) is 11.7. The molecule has 0 spiro atoms. The second-order valence-electron chi connectivity index (χ2n) is 4.31. The number of nitro benzene ring substituents is 1. The summed E-state index contributed by atoms with van der Waals surface area (Å²) >= 11 is 0. The van der Waals surface area contributed by atoms with Crippen molar-refractivity contribution in [1.82, 2.24) is 5.32 Å². The largest absolute Gasteiger partial charge is 0.379 e. The van der Waals surface area contributed by atoms with E-state index >= 15 is 0 Å². The van der Waals surface area contributed by atoms with Gasteiger partial charge in [0.05, 0.1) is 10.5 Å². The number of nitrogens with one attached hydrogen (secondary N) is 2. The van der Waals surface area contributed by atoms with E-state index in [1.165, 1.54) is 18.2 Å². The molecule has 0 aliphatic heterocycles. The van der Waals surface area contributed by atoms with Crippen LogP contribution in [0.1, 0.15) is 30.1 Å². The van der Waals surface area contributed by atoms with Crippen molar-refractivity contribution in [2.75, 3.05) is 18.4 Å². The molecule has 21 heavy (non-hydrogen) atoms. The quantitative estimate of drug-likeness (QED) is 0.375. The minimum Gasteiger partial charge on any atom is -0.379 e. The summed E-state index contributed by atoms with van der Waals surface area (Å²) in [6.45, 7) is 2.51. The molecule has 1 aromatic carbocycles. The maximum atomic E-state index is 12.1. The molecule has 2 amide bonds. The van der Waals surface area contributed by atoms with Crippen LogP contribution in [0.15, 0.2) is 18.2 Å². The second kappa shape index (κ2) is 7.83. The number of amides is 2. The Kier molecular flexibility index (Phi) is 6.12. The van der Waals surface area contributed by atoms with Gasteiger partial charge in [-0.05, 0) is 19.4 Å². The van der Waals surface area contributed by atoms with Crippen LogP contribution in [0.5, 0.6) is 0 Å². The summed E-state index contributed by atoms with van der Waals surface area (Å²) in [6.07, 6.45) is 0.599. The fourth-order valence-corrected chi connectivity index (χ4v) is 1.80. The van der Waals surface area contributed by atoms with Crippen molar-refractivity contribution in [2.45, 2.75) is 19.8 Å². The highest BCUT2D eigenvalue weighted by Crippen LogP contribution is 2.28. The van der Waals surface area contributed by atoms with Crippen molar-refractivity contribution in [2.24, 2.45) is 5.73 Å². The predicted molar refractivity (Wildman–Crippen MR) is 78.0 cm³/mol. The number of rotatable bonds is 8. The third kappa shape index (κ3) is 4.75. The number of carbonyl (C=O) groups excluding carboxylic acids is 2. The highest BCUT2D eigenvalue weighted by Gasteiger charge is 2.20. The van der Waals surface area contributed by atoms with E-state index < -0.39 is 16.7 Å². The van der Waals surface area contributed by atoms with Crippen molar-refractivity contribution >= 4 is 23.2 Å². The molecule has 0 saturated heterocycles. The Morgan fingerprint density at radius 3 is 2.67 bits per heavy atom. The van der Waals surface area contributed by atoms with Crippen LogP contribution in [0.4, 0.5) is 11.4 Å². The zero-order valence-corrected chi connectivity index (χ0v) is 11.7. The van der Waals surface area contributed by atoms with Crippen LogP contribution >= 0.6 is 0 Å². The van der Waals surface area contributed by atoms with Gasteiger partial charge in [0.25, 0.3) is 11.6 Å². The van der Waals surface area contributed by atoms with Gasteiger partial charge in [-0.15, -0.1) is 0 Å². The van der Waals surface area contributed by atoms with Crippen LogP contribution in [0.25, 0.3) is 0 Å². The van der Waals surface area contributed by atoms with Crippen molar-refractivity contribution < 1.29 is 14.5 Å². The fraction of sp³-hybridized carbons (Fsp3) is 0.385. The van der Waals surface area contributed by atoms with E-state index in [9.17, 15) is 19.7 Å². The Morgan fingerprint density at radius 2 is 2.10 bits per heavy atom. The SMILES string of the molecule is CCNc1c(C(=O)NCCCC(N)=O)cccc1[N+](=O)[O-]. The van der Waals surface area contributed by atoms with E-state index in [1.54, 1.807) is 6.92 Å². The van der Waals surface area contributed by atoms with Crippen LogP contribution in [0, 0.1) is 10.1 Å². The molecular weight excluding hydrogens is 276 g/mol. The van der Waals surface area contributed by atoms with Gasteiger partial charge in [-0.3, -0.25) is 19.7 Å². The Morgan fingerprint density at radius 1 is 1.38 bits per heavy atom. The first-order valence-corrected chi connectivity index (χ1v) is 6.55. The lowest BCUT2D eigenvalue weighted by molar-refractivity contribution is -0.384. The van der Waals surface area contributed by atoms with Gasteiger partial charge in [-0.2, -0.15) is 0 Å². The monoisotopic (exact) mass is 294 g/mol. The van der Waals surface area contributed by atoms with Gasteiger partial charge in [-0.25, -0.2) is 0 Å². The Labute approximate surface area is 121 Å². The smallest absolute Gasteiger partial charge is 0.293 e. The number of primary amides is 1. The van der Waals surface area contributed by atoms with Crippen molar-refractivity contribution in [3.8, 4) is 0 Å². The molecule has 0 unspecified atom stereocenters. The van der Waals surface area contributed by atoms with E-state index in [0.29, 0.717) is 13.0 Å². The van der Waals surface area contributed by atoms with Gasteiger partial charge in [-0.1, -0.05) is 6.07 Å². The molecule has 0 bridgehead atoms. The van der Waals surface area contributed by atoms with Crippen LogP contribution in [-0.4, -0.2) is 29.8 Å². The highest BCUT2D eigenvalue weighted by atomic mass is 16.6. The minimum atomic E-state index is -0.540. The molecule has 0 aliphatic carbocycles. The van der Waals surface area contributed by atoms with Crippen molar-refractivity contribution in [1.29, 1.82) is 0 Å². The van der Waals surface area contributed by atoms with Gasteiger partial charge < -0.3 is 16.4 Å². The molecule has 114 valence electrons. The van der Waals surface area contributed by atoms with Crippen LogP contribution in [-0.2, 0) is 4.79 Å². The summed E-state index contributed by atoms with van der Waals surface area (Å²) in [5.41, 5.74) is 5.24. The molecule has 8 heteroatoms. The third-order valence-corrected chi connectivity index (χ3v) is 2.72. The van der Waals surface area contributed by atoms with Crippen LogP contribution < -0.4 is 16.4 Å². The highest BCUT2D eigenvalue weighted by molar-refractivity contribution is 6.01. The number of para-hydroxylation sites is 1. The topological polar surface area (TPSA) is 127 Å². The zero-order chi connectivity index (χ0) is 15.8. The molecule has 0 saturated carbocycles. The molecule has 1 aromatic rings. The predicted octanol–water partition coefficient (Wildman–Crippen LogP) is 1.02. The molecule has 0 heterocycles. The number of anilines is 1. The van der Waals surface area contributed by atoms with Gasteiger partial charge in [0.2, 0.25) is 5.91 Å². The number of hydrogen-bond acceptors (Lipinski definition) is 5. The lowest BCUT2D eigenvalue weighted by atomic mass is 10.1. The molecule has 0 aromatic heterocycles. The van der Waals surface area contributed by atoms with Crippen LogP contribution in [0.2, 0.25) is 0 Å². The molecule has 0 aliphatic rings. The average Bonchev–Trinajstić information content (AvgIpc) is 2.43. The van der Waals surface area contributed by atoms with Gasteiger partial charge in [0.1, 0.15) is 5.69 Å². The molecule has 4 N–H and O–H groups in total. The number of nitro groups is 1. The maximum absolute atomic E-state index is 12.1. The van der Waals surface area contributed by atoms with Gasteiger partial charge >= 0.3 is 0 Å². The van der Waals surface area contributed by atoms with E-state index in [4.69, 9.17) is 5.73 Å². The lowest BCUT2D eigenvalue weighted by Crippen LogP contribution is -2.26. The Hall–Kier alpha value is -2.64. The van der Waals surface area contributed by atoms with Crippen molar-refractivity contribution in [3.05, 3.63) is 33.9 Å². The number of benzene rings is 1. The molecule has 0 radical (unpaired) electrons. The third-order valence-electron chi connectivity index (χ3n) is 2.72. The average molecular weight is 294 g/mol. The normalized spacial score (nSPS) is 9.95. The summed E-state index contributed by atoms with van der Waals surface area (Å²) in [5, 5.41) is 16.4. The molecule has 0 atom stereocenters. The number of nitrogens with zero attached hydrogens (tertiary/aromatic N) is 1. The summed E-state index contributed by atoms with van der Waals surface area (Å²) in [7, 11) is 0. The maximum Gasteiger partial charge on any atom is 0.293 e. The first kappa shape index (κ1) is 16.4. The minimum absolute atomic E-state index is 0.151. The summed E-state index contributed by atoms with van der Waals surface area (Å²) in [5.74, 6) is -0.868. The first-order valence-electron chi connectivity index (χ1n) is 6.55. The second-order valence-corrected chi connectivity index (χ2v) is 4.31.